The lowest BCUT2D eigenvalue weighted by molar-refractivity contribution is -0.870. The summed E-state index contributed by atoms with van der Waals surface area (Å²) in [6.07, 6.45) is -6.29. The van der Waals surface area contributed by atoms with Crippen molar-refractivity contribution < 1.29 is 56.9 Å². The highest BCUT2D eigenvalue weighted by Crippen LogP contribution is 2.38. The summed E-state index contributed by atoms with van der Waals surface area (Å²) in [7, 11) is -0.263. The summed E-state index contributed by atoms with van der Waals surface area (Å²) < 4.78 is 83.1. The average molecular weight is 340 g/mol. The van der Waals surface area contributed by atoms with E-state index in [-0.39, 0.29) is 19.0 Å². The minimum atomic E-state index is -6.42. The van der Waals surface area contributed by atoms with Crippen LogP contribution in [0.25, 0.3) is 0 Å². The van der Waals surface area contributed by atoms with Gasteiger partial charge in [0.15, 0.2) is 0 Å². The van der Waals surface area contributed by atoms with Crippen molar-refractivity contribution in [1.82, 2.24) is 0 Å². The largest absolute Gasteiger partial charge is 1.00 e. The minimum absolute atomic E-state index is 0. The van der Waals surface area contributed by atoms with E-state index >= 15 is 0 Å². The predicted octanol–water partition coefficient (Wildman–Crippen LogP) is -2.28. The van der Waals surface area contributed by atoms with Gasteiger partial charge in [0.2, 0.25) is 0 Å². The Morgan fingerprint density at radius 1 is 1.05 bits per heavy atom. The predicted molar refractivity (Wildman–Crippen MR) is 52.5 cm³/mol. The van der Waals surface area contributed by atoms with Crippen molar-refractivity contribution >= 4 is 10.1 Å². The molecule has 0 aliphatic rings. The molecule has 0 radical (unpaired) electrons. The highest BCUT2D eigenvalue weighted by atomic mass is 35.5. The number of hydrogen-bond acceptors (Lipinski definition) is 3. The lowest BCUT2D eigenvalue weighted by Crippen LogP contribution is -3.00. The van der Waals surface area contributed by atoms with Gasteiger partial charge in [-0.15, -0.1) is 0 Å². The molecule has 19 heavy (non-hydrogen) atoms. The van der Waals surface area contributed by atoms with E-state index in [2.05, 4.69) is 21.1 Å². The van der Waals surface area contributed by atoms with Gasteiger partial charge in [-0.3, -0.25) is 4.55 Å². The van der Waals surface area contributed by atoms with E-state index in [0.29, 0.717) is 0 Å². The van der Waals surface area contributed by atoms with Gasteiger partial charge in [-0.2, -0.15) is 30.4 Å². The molecule has 0 aromatic carbocycles. The molecule has 0 aliphatic heterocycles. The van der Waals surface area contributed by atoms with E-state index in [9.17, 15) is 30.4 Å². The maximum Gasteiger partial charge on any atom is 0.472 e. The van der Waals surface area contributed by atoms with E-state index in [1.54, 1.807) is 0 Å². The van der Waals surface area contributed by atoms with Crippen LogP contribution in [-0.2, 0) is 10.1 Å². The first-order valence-corrected chi connectivity index (χ1v) is 5.83. The molecule has 0 aliphatic carbocycles. The second-order valence-electron chi connectivity index (χ2n) is 4.23. The zero-order chi connectivity index (χ0) is 15.4. The van der Waals surface area contributed by atoms with Crippen LogP contribution in [0.5, 0.6) is 0 Å². The molecule has 0 saturated carbocycles. The van der Waals surface area contributed by atoms with Crippen molar-refractivity contribution in [2.24, 2.45) is 0 Å². The maximum absolute atomic E-state index is 11.5. The van der Waals surface area contributed by atoms with Gasteiger partial charge in [-0.25, -0.2) is 0 Å². The summed E-state index contributed by atoms with van der Waals surface area (Å²) in [6.45, 7) is 1.11. The van der Waals surface area contributed by atoms with Crippen molar-refractivity contribution in [3.05, 3.63) is 0 Å². The van der Waals surface area contributed by atoms with Crippen LogP contribution in [0, 0.1) is 0 Å². The number of hydrogen-bond donors (Lipinski definition) is 2. The third-order valence-corrected chi connectivity index (χ3v) is 2.30. The van der Waals surface area contributed by atoms with Gasteiger partial charge in [0.05, 0.1) is 27.7 Å². The van der Waals surface area contributed by atoms with Crippen LogP contribution in [0.1, 0.15) is 0 Å². The Hall–Kier alpha value is -0.230. The molecular formula is C7H15ClF5NO4S. The van der Waals surface area contributed by atoms with Crippen LogP contribution < -0.4 is 12.4 Å². The molecule has 12 heteroatoms. The van der Waals surface area contributed by atoms with Crippen molar-refractivity contribution in [1.29, 1.82) is 0 Å². The van der Waals surface area contributed by atoms with Crippen LogP contribution in [0.4, 0.5) is 22.0 Å². The smallest absolute Gasteiger partial charge is 0.472 e. The Morgan fingerprint density at radius 2 is 1.37 bits per heavy atom. The standard InChI is InChI=1S/C5H14NO.C2HF5O3S.ClH/c1-6(2,3)4-5-7;3-1(4,5)2(6,7)11(8,9)10;/h7H,4-5H2,1-3H3;(H,8,9,10);1H/q+1;;/p-1. The summed E-state index contributed by atoms with van der Waals surface area (Å²) in [5.41, 5.74) is 0. The summed E-state index contributed by atoms with van der Waals surface area (Å²) >= 11 is 0. The van der Waals surface area contributed by atoms with Crippen molar-refractivity contribution in [3.8, 4) is 0 Å². The topological polar surface area (TPSA) is 74.6 Å². The molecule has 0 saturated heterocycles. The third kappa shape index (κ3) is 9.32. The van der Waals surface area contributed by atoms with Gasteiger partial charge in [0.25, 0.3) is 0 Å². The molecule has 0 aromatic heterocycles. The van der Waals surface area contributed by atoms with E-state index in [1.165, 1.54) is 0 Å². The number of alkyl halides is 5. The first-order chi connectivity index (χ1) is 7.56. The molecule has 2 N–H and O–H groups in total. The number of rotatable bonds is 3. The SMILES string of the molecule is C[N+](C)(C)CCO.O=S(=O)(O)C(F)(F)C(F)(F)F.[Cl-]. The Labute approximate surface area is 113 Å². The molecule has 5 nitrogen and oxygen atoms in total. The normalized spacial score (nSPS) is 13.2. The molecule has 0 rings (SSSR count). The third-order valence-electron chi connectivity index (χ3n) is 1.42. The van der Waals surface area contributed by atoms with Crippen LogP contribution >= 0.6 is 0 Å². The summed E-state index contributed by atoms with van der Waals surface area (Å²) in [5, 5.41) is 2.29. The second kappa shape index (κ2) is 7.53. The summed E-state index contributed by atoms with van der Waals surface area (Å²) in [4.78, 5) is 0. The fourth-order valence-electron chi connectivity index (χ4n) is 0.446. The Bertz CT molecular complexity index is 351. The Balaban J connectivity index is -0.000000280. The molecule has 0 aromatic rings. The van der Waals surface area contributed by atoms with Crippen molar-refractivity contribution in [2.45, 2.75) is 11.4 Å². The van der Waals surface area contributed by atoms with Crippen molar-refractivity contribution in [3.63, 3.8) is 0 Å². The second-order valence-corrected chi connectivity index (χ2v) is 5.69. The molecule has 0 heterocycles. The number of aliphatic hydroxyl groups is 1. The van der Waals surface area contributed by atoms with E-state index < -0.39 is 21.5 Å². The number of likely N-dealkylation sites (N-methyl/N-ethyl adjacent to an activating group) is 1. The van der Waals surface area contributed by atoms with E-state index in [0.717, 1.165) is 11.0 Å². The molecule has 0 bridgehead atoms. The number of halogens is 6. The minimum Gasteiger partial charge on any atom is -1.00 e. The van der Waals surface area contributed by atoms with Gasteiger partial charge < -0.3 is 22.0 Å². The lowest BCUT2D eigenvalue weighted by Gasteiger charge is -2.21. The number of aliphatic hydroxyl groups excluding tert-OH is 1. The van der Waals surface area contributed by atoms with Gasteiger partial charge >= 0.3 is 21.5 Å². The summed E-state index contributed by atoms with van der Waals surface area (Å²) in [5.74, 6) is 0. The molecule has 120 valence electrons. The van der Waals surface area contributed by atoms with Crippen LogP contribution in [0.3, 0.4) is 0 Å². The van der Waals surface area contributed by atoms with Gasteiger partial charge in [0.1, 0.15) is 6.54 Å². The average Bonchev–Trinajstić information content (AvgIpc) is 1.97. The van der Waals surface area contributed by atoms with Crippen molar-refractivity contribution in [2.75, 3.05) is 34.3 Å². The lowest BCUT2D eigenvalue weighted by atomic mass is 10.5. The van der Waals surface area contributed by atoms with E-state index in [4.69, 9.17) is 9.66 Å². The van der Waals surface area contributed by atoms with Crippen LogP contribution in [0.2, 0.25) is 0 Å². The molecule has 0 fully saturated rings. The van der Waals surface area contributed by atoms with Crippen LogP contribution in [-0.4, -0.2) is 68.3 Å². The number of quaternary nitrogens is 1. The zero-order valence-corrected chi connectivity index (χ0v) is 11.8. The quantitative estimate of drug-likeness (QED) is 0.345. The molecule has 0 atom stereocenters. The maximum atomic E-state index is 11.5. The fourth-order valence-corrected chi connectivity index (χ4v) is 0.739. The fraction of sp³-hybridized carbons (Fsp3) is 1.00. The molecule has 0 amide bonds. The molecule has 0 spiro atoms. The Morgan fingerprint density at radius 3 is 1.37 bits per heavy atom. The monoisotopic (exact) mass is 339 g/mol. The first-order valence-electron chi connectivity index (χ1n) is 4.39. The molecule has 0 unspecified atom stereocenters. The van der Waals surface area contributed by atoms with Crippen LogP contribution in [0.15, 0.2) is 0 Å². The summed E-state index contributed by atoms with van der Waals surface area (Å²) in [6, 6.07) is 0. The highest BCUT2D eigenvalue weighted by Gasteiger charge is 2.67. The van der Waals surface area contributed by atoms with E-state index in [1.807, 2.05) is 0 Å². The first kappa shape index (κ1) is 23.8. The zero-order valence-electron chi connectivity index (χ0n) is 10.2. The number of nitrogens with zero attached hydrogens (tertiary/aromatic N) is 1. The van der Waals surface area contributed by atoms with Gasteiger partial charge in [-0.1, -0.05) is 0 Å². The highest BCUT2D eigenvalue weighted by molar-refractivity contribution is 7.86. The Kier molecular flexibility index (Phi) is 9.44. The van der Waals surface area contributed by atoms with Gasteiger partial charge in [-0.05, 0) is 0 Å². The molecular weight excluding hydrogens is 325 g/mol. The van der Waals surface area contributed by atoms with Gasteiger partial charge in [0, 0.05) is 0 Å².